The van der Waals surface area contributed by atoms with Crippen LogP contribution < -0.4 is 5.73 Å². The third kappa shape index (κ3) is 3.18. The van der Waals surface area contributed by atoms with Crippen LogP contribution in [0, 0.1) is 5.41 Å². The highest BCUT2D eigenvalue weighted by atomic mass is 16.5. The van der Waals surface area contributed by atoms with Gasteiger partial charge < -0.3 is 15.0 Å². The van der Waals surface area contributed by atoms with Crippen LogP contribution in [0.15, 0.2) is 30.3 Å². The van der Waals surface area contributed by atoms with E-state index in [-0.39, 0.29) is 23.5 Å². The monoisotopic (exact) mass is 340 g/mol. The number of nitrogens with two attached hydrogens (primary N) is 1. The molecule has 0 aliphatic heterocycles. The van der Waals surface area contributed by atoms with E-state index in [0.29, 0.717) is 30.6 Å². The Hall–Kier alpha value is -2.56. The number of hydrogen-bond donors (Lipinski definition) is 1. The number of rotatable bonds is 4. The van der Waals surface area contributed by atoms with Crippen LogP contribution in [0.4, 0.5) is 5.69 Å². The van der Waals surface area contributed by atoms with Gasteiger partial charge in [-0.25, -0.2) is 4.79 Å². The van der Waals surface area contributed by atoms with Gasteiger partial charge in [0.15, 0.2) is 11.5 Å². The smallest absolute Gasteiger partial charge is 0.357 e. The van der Waals surface area contributed by atoms with E-state index in [0.717, 1.165) is 11.3 Å². The van der Waals surface area contributed by atoms with Gasteiger partial charge in [-0.3, -0.25) is 4.79 Å². The zero-order valence-corrected chi connectivity index (χ0v) is 15.0. The summed E-state index contributed by atoms with van der Waals surface area (Å²) in [4.78, 5) is 25.2. The number of aromatic nitrogens is 1. The Labute approximate surface area is 147 Å². The molecule has 5 heteroatoms. The molecule has 25 heavy (non-hydrogen) atoms. The molecule has 1 aliphatic carbocycles. The van der Waals surface area contributed by atoms with Gasteiger partial charge in [0.2, 0.25) is 0 Å². The second-order valence-electron chi connectivity index (χ2n) is 7.32. The summed E-state index contributed by atoms with van der Waals surface area (Å²) in [6.45, 7) is 6.63. The fraction of sp³-hybridized carbons (Fsp3) is 0.400. The van der Waals surface area contributed by atoms with Crippen molar-refractivity contribution in [2.75, 3.05) is 12.3 Å². The third-order valence-corrected chi connectivity index (χ3v) is 4.63. The molecule has 5 nitrogen and oxygen atoms in total. The summed E-state index contributed by atoms with van der Waals surface area (Å²) in [6, 6.07) is 9.84. The molecule has 0 saturated carbocycles. The zero-order chi connectivity index (χ0) is 18.2. The average molecular weight is 340 g/mol. The van der Waals surface area contributed by atoms with Crippen molar-refractivity contribution in [3.63, 3.8) is 0 Å². The lowest BCUT2D eigenvalue weighted by Crippen LogP contribution is -2.28. The van der Waals surface area contributed by atoms with Crippen molar-refractivity contribution in [3.05, 3.63) is 52.8 Å². The topological polar surface area (TPSA) is 74.3 Å². The minimum absolute atomic E-state index is 0.00103. The molecule has 1 heterocycles. The summed E-state index contributed by atoms with van der Waals surface area (Å²) in [6.07, 6.45) is 1.13. The number of benzene rings is 1. The number of nitrogen functional groups attached to an aromatic ring is 1. The number of ether oxygens (including phenoxy) is 1. The molecule has 2 aromatic rings. The molecule has 0 bridgehead atoms. The summed E-state index contributed by atoms with van der Waals surface area (Å²) >= 11 is 0. The molecule has 0 fully saturated rings. The maximum absolute atomic E-state index is 12.7. The van der Waals surface area contributed by atoms with Crippen molar-refractivity contribution in [1.82, 2.24) is 4.57 Å². The van der Waals surface area contributed by atoms with Gasteiger partial charge in [0.25, 0.3) is 0 Å². The molecule has 3 rings (SSSR count). The largest absolute Gasteiger partial charge is 0.461 e. The number of nitrogens with zero attached hydrogens (tertiary/aromatic N) is 1. The molecule has 1 aromatic carbocycles. The lowest BCUT2D eigenvalue weighted by molar-refractivity contribution is 0.0514. The summed E-state index contributed by atoms with van der Waals surface area (Å²) in [5.41, 5.74) is 9.02. The van der Waals surface area contributed by atoms with Crippen molar-refractivity contribution >= 4 is 17.4 Å². The lowest BCUT2D eigenvalue weighted by Gasteiger charge is -2.29. The summed E-state index contributed by atoms with van der Waals surface area (Å²) in [5, 5.41) is 0. The number of anilines is 1. The zero-order valence-electron chi connectivity index (χ0n) is 15.0. The van der Waals surface area contributed by atoms with Crippen LogP contribution in [0.1, 0.15) is 59.3 Å². The van der Waals surface area contributed by atoms with Crippen LogP contribution in [0.3, 0.4) is 0 Å². The molecule has 2 N–H and O–H groups in total. The molecule has 0 spiro atoms. The second kappa shape index (κ2) is 6.39. The molecule has 0 unspecified atom stereocenters. The van der Waals surface area contributed by atoms with Crippen molar-refractivity contribution in [2.45, 2.75) is 40.2 Å². The number of hydrogen-bond acceptors (Lipinski definition) is 4. The Morgan fingerprint density at radius 1 is 1.24 bits per heavy atom. The lowest BCUT2D eigenvalue weighted by atomic mass is 9.76. The third-order valence-electron chi connectivity index (χ3n) is 4.63. The first-order valence-corrected chi connectivity index (χ1v) is 8.59. The molecule has 132 valence electrons. The number of carbonyl (C=O) groups excluding carboxylic acids is 2. The van der Waals surface area contributed by atoms with Gasteiger partial charge in [0.1, 0.15) is 0 Å². The van der Waals surface area contributed by atoms with E-state index < -0.39 is 5.97 Å². The number of esters is 1. The van der Waals surface area contributed by atoms with Crippen LogP contribution in [0.25, 0.3) is 0 Å². The summed E-state index contributed by atoms with van der Waals surface area (Å²) < 4.78 is 7.07. The first-order valence-electron chi connectivity index (χ1n) is 8.59. The minimum Gasteiger partial charge on any atom is -0.461 e. The van der Waals surface area contributed by atoms with E-state index in [1.807, 2.05) is 34.9 Å². The van der Waals surface area contributed by atoms with Gasteiger partial charge in [0, 0.05) is 18.7 Å². The SMILES string of the molecule is CCOC(=O)c1c(N)c2c(n1Cc1ccccc1)CC(C)(C)CC2=O. The highest BCUT2D eigenvalue weighted by molar-refractivity contribution is 6.08. The van der Waals surface area contributed by atoms with Crippen molar-refractivity contribution in [3.8, 4) is 0 Å². The fourth-order valence-corrected chi connectivity index (χ4v) is 3.58. The molecule has 0 amide bonds. The van der Waals surface area contributed by atoms with Crippen LogP contribution in [0.5, 0.6) is 0 Å². The molecule has 0 radical (unpaired) electrons. The predicted octanol–water partition coefficient (Wildman–Crippen LogP) is 3.45. The highest BCUT2D eigenvalue weighted by Crippen LogP contribution is 2.40. The second-order valence-corrected chi connectivity index (χ2v) is 7.32. The minimum atomic E-state index is -0.476. The van der Waals surface area contributed by atoms with E-state index in [1.54, 1.807) is 6.92 Å². The van der Waals surface area contributed by atoms with E-state index in [9.17, 15) is 9.59 Å². The summed E-state index contributed by atoms with van der Waals surface area (Å²) in [5.74, 6) is -0.475. The Morgan fingerprint density at radius 3 is 2.56 bits per heavy atom. The van der Waals surface area contributed by atoms with Gasteiger partial charge in [0.05, 0.1) is 17.9 Å². The predicted molar refractivity (Wildman–Crippen MR) is 96.8 cm³/mol. The van der Waals surface area contributed by atoms with Crippen LogP contribution in [-0.4, -0.2) is 22.9 Å². The molecule has 1 aliphatic rings. The Kier molecular flexibility index (Phi) is 4.41. The molecule has 0 saturated heterocycles. The summed E-state index contributed by atoms with van der Waals surface area (Å²) in [7, 11) is 0. The van der Waals surface area contributed by atoms with Gasteiger partial charge in [-0.05, 0) is 24.3 Å². The van der Waals surface area contributed by atoms with Crippen molar-refractivity contribution in [1.29, 1.82) is 0 Å². The van der Waals surface area contributed by atoms with E-state index in [4.69, 9.17) is 10.5 Å². The molecular weight excluding hydrogens is 316 g/mol. The van der Waals surface area contributed by atoms with Gasteiger partial charge in [-0.15, -0.1) is 0 Å². The van der Waals surface area contributed by atoms with Crippen LogP contribution in [-0.2, 0) is 17.7 Å². The number of ketones is 1. The maximum Gasteiger partial charge on any atom is 0.357 e. The van der Waals surface area contributed by atoms with E-state index >= 15 is 0 Å². The Balaban J connectivity index is 2.18. The molecular formula is C20H24N2O3. The number of carbonyl (C=O) groups is 2. The first kappa shape index (κ1) is 17.3. The van der Waals surface area contributed by atoms with E-state index in [2.05, 4.69) is 13.8 Å². The number of Topliss-reactive ketones (excluding diaryl/α,β-unsaturated/α-hetero) is 1. The van der Waals surface area contributed by atoms with Crippen LogP contribution in [0.2, 0.25) is 0 Å². The fourth-order valence-electron chi connectivity index (χ4n) is 3.58. The standard InChI is InChI=1S/C20H24N2O3/c1-4-25-19(24)18-17(21)16-14(10-20(2,3)11-15(16)23)22(18)12-13-8-6-5-7-9-13/h5-9H,4,10-12,21H2,1-3H3. The van der Waals surface area contributed by atoms with E-state index in [1.165, 1.54) is 0 Å². The Bertz CT molecular complexity index is 819. The van der Waals surface area contributed by atoms with Gasteiger partial charge in [-0.1, -0.05) is 44.2 Å². The van der Waals surface area contributed by atoms with Crippen molar-refractivity contribution in [2.24, 2.45) is 5.41 Å². The van der Waals surface area contributed by atoms with Crippen LogP contribution >= 0.6 is 0 Å². The number of fused-ring (bicyclic) bond motifs is 1. The van der Waals surface area contributed by atoms with Crippen molar-refractivity contribution < 1.29 is 14.3 Å². The Morgan fingerprint density at radius 2 is 1.92 bits per heavy atom. The first-order chi connectivity index (χ1) is 11.8. The molecule has 1 aromatic heterocycles. The molecule has 0 atom stereocenters. The highest BCUT2D eigenvalue weighted by Gasteiger charge is 2.38. The quantitative estimate of drug-likeness (QED) is 0.865. The van der Waals surface area contributed by atoms with Gasteiger partial charge in [-0.2, -0.15) is 0 Å². The van der Waals surface area contributed by atoms with Gasteiger partial charge >= 0.3 is 5.97 Å². The maximum atomic E-state index is 12.7. The average Bonchev–Trinajstić information content (AvgIpc) is 2.79. The normalized spacial score (nSPS) is 15.7.